The van der Waals surface area contributed by atoms with Gasteiger partial charge < -0.3 is 10.6 Å². The highest BCUT2D eigenvalue weighted by Crippen LogP contribution is 2.41. The van der Waals surface area contributed by atoms with E-state index in [1.54, 1.807) is 0 Å². The van der Waals surface area contributed by atoms with Crippen LogP contribution in [0.1, 0.15) is 67.2 Å². The van der Waals surface area contributed by atoms with E-state index in [4.69, 9.17) is 20.5 Å². The van der Waals surface area contributed by atoms with Crippen LogP contribution in [0.25, 0.3) is 0 Å². The fourth-order valence-electron chi connectivity index (χ4n) is 4.16. The molecule has 1 aliphatic heterocycles. The average molecular weight is 396 g/mol. The first kappa shape index (κ1) is 21.4. The quantitative estimate of drug-likeness (QED) is 0.538. The van der Waals surface area contributed by atoms with Crippen LogP contribution in [-0.4, -0.2) is 40.3 Å². The van der Waals surface area contributed by atoms with Gasteiger partial charge in [-0.05, 0) is 70.0 Å². The Balaban J connectivity index is 2.04. The third kappa shape index (κ3) is 5.19. The lowest BCUT2D eigenvalue weighted by molar-refractivity contribution is 0.106. The van der Waals surface area contributed by atoms with Crippen LogP contribution < -0.4 is 5.73 Å². The van der Waals surface area contributed by atoms with Gasteiger partial charge in [-0.1, -0.05) is 17.3 Å². The molecule has 1 aliphatic rings. The molecule has 2 N–H and O–H groups in total. The number of hydrogen-bond acceptors (Lipinski definition) is 6. The summed E-state index contributed by atoms with van der Waals surface area (Å²) in [5.41, 5.74) is 11.5. The smallest absolute Gasteiger partial charge is 0.114 e. The SMILES string of the molecule is CCON=C1CC(c2ncccc2C)N(CCCCN)[C@H](c2ncccc2C)C1. The molecule has 6 nitrogen and oxygen atoms in total. The zero-order valence-electron chi connectivity index (χ0n) is 17.8. The standard InChI is InChI=1S/C23H33N5O/c1-4-29-27-19-15-20(22-17(2)9-7-12-25-22)28(14-6-5-11-24)21(16-19)23-18(3)10-8-13-26-23/h7-10,12-13,20-21H,4-6,11,14-16,24H2,1-3H3/t20-,21?/m0/s1. The molecule has 2 aromatic heterocycles. The number of aromatic nitrogens is 2. The summed E-state index contributed by atoms with van der Waals surface area (Å²) < 4.78 is 0. The van der Waals surface area contributed by atoms with Crippen molar-refractivity contribution in [3.8, 4) is 0 Å². The molecule has 6 heteroatoms. The van der Waals surface area contributed by atoms with E-state index in [0.29, 0.717) is 13.2 Å². The fraction of sp³-hybridized carbons (Fsp3) is 0.522. The van der Waals surface area contributed by atoms with Gasteiger partial charge in [-0.25, -0.2) is 0 Å². The average Bonchev–Trinajstić information content (AvgIpc) is 2.73. The molecular weight excluding hydrogens is 362 g/mol. The molecule has 3 rings (SSSR count). The van der Waals surface area contributed by atoms with E-state index in [0.717, 1.165) is 49.3 Å². The van der Waals surface area contributed by atoms with Gasteiger partial charge in [0.15, 0.2) is 0 Å². The van der Waals surface area contributed by atoms with Crippen molar-refractivity contribution in [1.29, 1.82) is 0 Å². The Hall–Kier alpha value is -2.31. The van der Waals surface area contributed by atoms with Gasteiger partial charge in [0.1, 0.15) is 6.61 Å². The summed E-state index contributed by atoms with van der Waals surface area (Å²) in [5, 5.41) is 4.46. The Bertz CT molecular complexity index is 765. The topological polar surface area (TPSA) is 76.6 Å². The Morgan fingerprint density at radius 3 is 2.10 bits per heavy atom. The van der Waals surface area contributed by atoms with Crippen LogP contribution in [0.4, 0.5) is 0 Å². The van der Waals surface area contributed by atoms with Crippen molar-refractivity contribution in [1.82, 2.24) is 14.9 Å². The maximum Gasteiger partial charge on any atom is 0.114 e. The molecule has 29 heavy (non-hydrogen) atoms. The van der Waals surface area contributed by atoms with Crippen LogP contribution in [0, 0.1) is 13.8 Å². The number of likely N-dealkylation sites (tertiary alicyclic amines) is 1. The van der Waals surface area contributed by atoms with E-state index in [1.807, 2.05) is 31.5 Å². The Labute approximate surface area is 174 Å². The predicted molar refractivity (Wildman–Crippen MR) is 117 cm³/mol. The maximum atomic E-state index is 5.78. The molecule has 0 amide bonds. The van der Waals surface area contributed by atoms with Crippen LogP contribution in [-0.2, 0) is 4.84 Å². The van der Waals surface area contributed by atoms with Crippen LogP contribution in [0.3, 0.4) is 0 Å². The van der Waals surface area contributed by atoms with Gasteiger partial charge in [0.05, 0.1) is 29.2 Å². The monoisotopic (exact) mass is 395 g/mol. The van der Waals surface area contributed by atoms with Gasteiger partial charge in [0, 0.05) is 25.2 Å². The highest BCUT2D eigenvalue weighted by molar-refractivity contribution is 5.86. The lowest BCUT2D eigenvalue weighted by atomic mass is 9.87. The van der Waals surface area contributed by atoms with E-state index in [2.05, 4.69) is 36.0 Å². The second-order valence-electron chi connectivity index (χ2n) is 7.66. The molecule has 0 saturated carbocycles. The van der Waals surface area contributed by atoms with Crippen LogP contribution in [0.15, 0.2) is 41.8 Å². The minimum absolute atomic E-state index is 0.147. The van der Waals surface area contributed by atoms with Crippen LogP contribution >= 0.6 is 0 Å². The lowest BCUT2D eigenvalue weighted by Crippen LogP contribution is -2.42. The van der Waals surface area contributed by atoms with Crippen molar-refractivity contribution in [2.75, 3.05) is 19.7 Å². The number of rotatable bonds is 8. The lowest BCUT2D eigenvalue weighted by Gasteiger charge is -2.42. The van der Waals surface area contributed by atoms with E-state index in [1.165, 1.54) is 11.1 Å². The normalized spacial score (nSPS) is 21.4. The Kier molecular flexibility index (Phi) is 7.72. The molecule has 1 saturated heterocycles. The molecule has 0 aliphatic carbocycles. The van der Waals surface area contributed by atoms with Crippen molar-refractivity contribution in [3.05, 3.63) is 59.2 Å². The number of nitrogens with two attached hydrogens (primary N) is 1. The highest BCUT2D eigenvalue weighted by atomic mass is 16.6. The van der Waals surface area contributed by atoms with Gasteiger partial charge >= 0.3 is 0 Å². The molecule has 1 fully saturated rings. The molecule has 1 unspecified atom stereocenters. The molecular formula is C23H33N5O. The summed E-state index contributed by atoms with van der Waals surface area (Å²) in [6.45, 7) is 8.48. The van der Waals surface area contributed by atoms with Crippen LogP contribution in [0.2, 0.25) is 0 Å². The number of unbranched alkanes of at least 4 members (excludes halogenated alkanes) is 1. The second-order valence-corrected chi connectivity index (χ2v) is 7.66. The fourth-order valence-corrected chi connectivity index (χ4v) is 4.16. The number of aryl methyl sites for hydroxylation is 2. The third-order valence-electron chi connectivity index (χ3n) is 5.58. The summed E-state index contributed by atoms with van der Waals surface area (Å²) in [6.07, 6.45) is 7.48. The van der Waals surface area contributed by atoms with E-state index < -0.39 is 0 Å². The molecule has 2 aromatic rings. The summed E-state index contributed by atoms with van der Waals surface area (Å²) >= 11 is 0. The van der Waals surface area contributed by atoms with E-state index in [-0.39, 0.29) is 12.1 Å². The summed E-state index contributed by atoms with van der Waals surface area (Å²) in [6, 6.07) is 8.55. The first-order chi connectivity index (χ1) is 14.2. The molecule has 0 bridgehead atoms. The molecule has 0 radical (unpaired) electrons. The largest absolute Gasteiger partial charge is 0.396 e. The van der Waals surface area contributed by atoms with E-state index >= 15 is 0 Å². The number of piperidine rings is 1. The van der Waals surface area contributed by atoms with Crippen molar-refractivity contribution in [3.63, 3.8) is 0 Å². The Morgan fingerprint density at radius 1 is 1.03 bits per heavy atom. The first-order valence-corrected chi connectivity index (χ1v) is 10.6. The van der Waals surface area contributed by atoms with E-state index in [9.17, 15) is 0 Å². The number of hydrogen-bond donors (Lipinski definition) is 1. The zero-order chi connectivity index (χ0) is 20.6. The van der Waals surface area contributed by atoms with Crippen molar-refractivity contribution < 1.29 is 4.84 Å². The minimum atomic E-state index is 0.147. The Morgan fingerprint density at radius 2 is 1.62 bits per heavy atom. The number of nitrogens with zero attached hydrogens (tertiary/aromatic N) is 4. The molecule has 3 heterocycles. The number of pyridine rings is 2. The summed E-state index contributed by atoms with van der Waals surface area (Å²) in [4.78, 5) is 17.5. The molecule has 156 valence electrons. The molecule has 0 spiro atoms. The minimum Gasteiger partial charge on any atom is -0.396 e. The van der Waals surface area contributed by atoms with Crippen molar-refractivity contribution in [2.24, 2.45) is 10.9 Å². The predicted octanol–water partition coefficient (Wildman–Crippen LogP) is 4.10. The summed E-state index contributed by atoms with van der Waals surface area (Å²) in [5.74, 6) is 0. The molecule has 0 aromatic carbocycles. The second kappa shape index (κ2) is 10.5. The van der Waals surface area contributed by atoms with Crippen molar-refractivity contribution >= 4 is 5.71 Å². The van der Waals surface area contributed by atoms with Gasteiger partial charge in [-0.3, -0.25) is 14.9 Å². The first-order valence-electron chi connectivity index (χ1n) is 10.6. The van der Waals surface area contributed by atoms with Gasteiger partial charge in [-0.15, -0.1) is 0 Å². The zero-order valence-corrected chi connectivity index (χ0v) is 17.8. The third-order valence-corrected chi connectivity index (χ3v) is 5.58. The number of oxime groups is 1. The highest BCUT2D eigenvalue weighted by Gasteiger charge is 2.38. The summed E-state index contributed by atoms with van der Waals surface area (Å²) in [7, 11) is 0. The van der Waals surface area contributed by atoms with Gasteiger partial charge in [0.2, 0.25) is 0 Å². The molecule has 2 atom stereocenters. The van der Waals surface area contributed by atoms with Gasteiger partial charge in [0.25, 0.3) is 0 Å². The maximum absolute atomic E-state index is 5.78. The van der Waals surface area contributed by atoms with Gasteiger partial charge in [-0.2, -0.15) is 0 Å². The van der Waals surface area contributed by atoms with Crippen LogP contribution in [0.5, 0.6) is 0 Å². The van der Waals surface area contributed by atoms with Crippen molar-refractivity contribution in [2.45, 2.75) is 58.5 Å².